The van der Waals surface area contributed by atoms with E-state index in [0.29, 0.717) is 23.8 Å². The van der Waals surface area contributed by atoms with Gasteiger partial charge in [-0.3, -0.25) is 9.89 Å². The van der Waals surface area contributed by atoms with Crippen LogP contribution in [0.3, 0.4) is 0 Å². The summed E-state index contributed by atoms with van der Waals surface area (Å²) in [6.07, 6.45) is 5.61. The van der Waals surface area contributed by atoms with Crippen molar-refractivity contribution >= 4 is 11.6 Å². The molecule has 1 aliphatic rings. The van der Waals surface area contributed by atoms with Gasteiger partial charge in [-0.25, -0.2) is 4.98 Å². The maximum atomic E-state index is 12.3. The smallest absolute Gasteiger partial charge is 0.276 e. The molecule has 2 heterocycles. The highest BCUT2D eigenvalue weighted by molar-refractivity contribution is 5.97. The van der Waals surface area contributed by atoms with E-state index in [9.17, 15) is 4.79 Å². The number of amides is 1. The molecule has 0 saturated heterocycles. The molecule has 4 N–H and O–H groups in total. The molecule has 0 aromatic carbocycles. The number of nitrogens with zero attached hydrogens (tertiary/aromatic N) is 3. The second kappa shape index (κ2) is 4.42. The van der Waals surface area contributed by atoms with Crippen molar-refractivity contribution in [3.63, 3.8) is 0 Å². The first-order valence-electron chi connectivity index (χ1n) is 6.24. The standard InChI is InChI=1S/C12H16N6O/c1-18(6-8-14-4-5-15-8)12(19)11-9(13)10(16-17-11)7-2-3-7/h4-5,7H,2-3,6,13H2,1H3,(H,14,15)(H,16,17). The third kappa shape index (κ3) is 2.18. The molecule has 3 rings (SSSR count). The Hall–Kier alpha value is -2.31. The highest BCUT2D eigenvalue weighted by Crippen LogP contribution is 2.42. The van der Waals surface area contributed by atoms with Crippen molar-refractivity contribution in [2.45, 2.75) is 25.3 Å². The summed E-state index contributed by atoms with van der Waals surface area (Å²) in [5.41, 5.74) is 7.68. The molecule has 0 spiro atoms. The molecule has 1 aliphatic carbocycles. The Bertz CT molecular complexity index is 583. The summed E-state index contributed by atoms with van der Waals surface area (Å²) < 4.78 is 0. The lowest BCUT2D eigenvalue weighted by molar-refractivity contribution is 0.0777. The van der Waals surface area contributed by atoms with Crippen molar-refractivity contribution in [2.75, 3.05) is 12.8 Å². The number of hydrogen-bond donors (Lipinski definition) is 3. The Labute approximate surface area is 110 Å². The Balaban J connectivity index is 1.75. The van der Waals surface area contributed by atoms with Crippen LogP contribution in [0, 0.1) is 0 Å². The van der Waals surface area contributed by atoms with Crippen LogP contribution in [0.1, 0.15) is 40.8 Å². The minimum absolute atomic E-state index is 0.197. The maximum absolute atomic E-state index is 12.3. The first-order chi connectivity index (χ1) is 9.16. The Morgan fingerprint density at radius 3 is 3.00 bits per heavy atom. The van der Waals surface area contributed by atoms with Gasteiger partial charge in [0.25, 0.3) is 5.91 Å². The van der Waals surface area contributed by atoms with Crippen molar-refractivity contribution in [2.24, 2.45) is 0 Å². The summed E-state index contributed by atoms with van der Waals surface area (Å²) in [7, 11) is 1.70. The van der Waals surface area contributed by atoms with E-state index < -0.39 is 0 Å². The van der Waals surface area contributed by atoms with E-state index >= 15 is 0 Å². The van der Waals surface area contributed by atoms with Crippen LogP contribution in [0.25, 0.3) is 0 Å². The third-order valence-corrected chi connectivity index (χ3v) is 3.31. The van der Waals surface area contributed by atoms with Gasteiger partial charge in [0.1, 0.15) is 5.82 Å². The minimum Gasteiger partial charge on any atom is -0.395 e. The number of aromatic amines is 2. The number of carbonyl (C=O) groups excluding carboxylic acids is 1. The van der Waals surface area contributed by atoms with Gasteiger partial charge < -0.3 is 15.6 Å². The molecule has 0 bridgehead atoms. The quantitative estimate of drug-likeness (QED) is 0.758. The Morgan fingerprint density at radius 2 is 2.37 bits per heavy atom. The van der Waals surface area contributed by atoms with Crippen LogP contribution in [0.2, 0.25) is 0 Å². The number of nitrogens with one attached hydrogen (secondary N) is 2. The molecular formula is C12H16N6O. The molecule has 0 radical (unpaired) electrons. The van der Waals surface area contributed by atoms with Crippen LogP contribution in [0.5, 0.6) is 0 Å². The summed E-state index contributed by atoms with van der Waals surface area (Å²) in [6.45, 7) is 0.400. The lowest BCUT2D eigenvalue weighted by atomic mass is 10.2. The average Bonchev–Trinajstić information content (AvgIpc) is 2.97. The van der Waals surface area contributed by atoms with Gasteiger partial charge in [-0.05, 0) is 12.8 Å². The van der Waals surface area contributed by atoms with Gasteiger partial charge in [0.15, 0.2) is 5.69 Å². The number of carbonyl (C=O) groups is 1. The first-order valence-corrected chi connectivity index (χ1v) is 6.24. The molecule has 19 heavy (non-hydrogen) atoms. The molecule has 0 aliphatic heterocycles. The third-order valence-electron chi connectivity index (χ3n) is 3.31. The number of anilines is 1. The van der Waals surface area contributed by atoms with Gasteiger partial charge in [0.2, 0.25) is 0 Å². The lowest BCUT2D eigenvalue weighted by Gasteiger charge is -2.14. The summed E-state index contributed by atoms with van der Waals surface area (Å²) in [4.78, 5) is 20.9. The molecule has 2 aromatic heterocycles. The number of nitrogen functional groups attached to an aromatic ring is 1. The zero-order valence-corrected chi connectivity index (χ0v) is 10.7. The van der Waals surface area contributed by atoms with E-state index in [1.165, 1.54) is 0 Å². The number of aromatic nitrogens is 4. The Morgan fingerprint density at radius 1 is 1.58 bits per heavy atom. The van der Waals surface area contributed by atoms with Crippen molar-refractivity contribution in [3.05, 3.63) is 29.6 Å². The van der Waals surface area contributed by atoms with Crippen molar-refractivity contribution in [1.29, 1.82) is 0 Å². The normalized spacial score (nSPS) is 14.6. The molecule has 0 atom stereocenters. The van der Waals surface area contributed by atoms with Gasteiger partial charge in [0, 0.05) is 25.4 Å². The fraction of sp³-hybridized carbons (Fsp3) is 0.417. The molecule has 1 saturated carbocycles. The SMILES string of the molecule is CN(Cc1ncc[nH]1)C(=O)c1n[nH]c(C2CC2)c1N. The second-order valence-corrected chi connectivity index (χ2v) is 4.87. The molecule has 1 fully saturated rings. The van der Waals surface area contributed by atoms with Gasteiger partial charge in [-0.15, -0.1) is 0 Å². The zero-order chi connectivity index (χ0) is 13.4. The topological polar surface area (TPSA) is 104 Å². The number of nitrogens with two attached hydrogens (primary N) is 1. The average molecular weight is 260 g/mol. The Kier molecular flexibility index (Phi) is 2.73. The fourth-order valence-electron chi connectivity index (χ4n) is 2.07. The number of hydrogen-bond acceptors (Lipinski definition) is 4. The first kappa shape index (κ1) is 11.8. The molecule has 2 aromatic rings. The van der Waals surface area contributed by atoms with E-state index in [-0.39, 0.29) is 5.91 Å². The van der Waals surface area contributed by atoms with Crippen molar-refractivity contribution in [3.8, 4) is 0 Å². The fourth-order valence-corrected chi connectivity index (χ4v) is 2.07. The van der Waals surface area contributed by atoms with Crippen LogP contribution >= 0.6 is 0 Å². The van der Waals surface area contributed by atoms with Gasteiger partial charge in [-0.1, -0.05) is 0 Å². The van der Waals surface area contributed by atoms with Gasteiger partial charge >= 0.3 is 0 Å². The van der Waals surface area contributed by atoms with Gasteiger partial charge in [-0.2, -0.15) is 5.10 Å². The van der Waals surface area contributed by atoms with Crippen LogP contribution in [0.4, 0.5) is 5.69 Å². The molecule has 100 valence electrons. The van der Waals surface area contributed by atoms with Crippen LogP contribution in [-0.2, 0) is 6.54 Å². The van der Waals surface area contributed by atoms with Crippen LogP contribution in [-0.4, -0.2) is 38.0 Å². The van der Waals surface area contributed by atoms with Crippen molar-refractivity contribution < 1.29 is 4.79 Å². The summed E-state index contributed by atoms with van der Waals surface area (Å²) >= 11 is 0. The number of rotatable bonds is 4. The monoisotopic (exact) mass is 260 g/mol. The van der Waals surface area contributed by atoms with E-state index in [0.717, 1.165) is 24.4 Å². The van der Waals surface area contributed by atoms with E-state index in [2.05, 4.69) is 20.2 Å². The molecular weight excluding hydrogens is 244 g/mol. The van der Waals surface area contributed by atoms with E-state index in [4.69, 9.17) is 5.73 Å². The molecule has 7 heteroatoms. The minimum atomic E-state index is -0.197. The maximum Gasteiger partial charge on any atom is 0.276 e. The predicted octanol–water partition coefficient (Wildman–Crippen LogP) is 0.865. The predicted molar refractivity (Wildman–Crippen MR) is 69.4 cm³/mol. The van der Waals surface area contributed by atoms with E-state index in [1.54, 1.807) is 24.3 Å². The zero-order valence-electron chi connectivity index (χ0n) is 10.7. The van der Waals surface area contributed by atoms with Crippen LogP contribution < -0.4 is 5.73 Å². The number of H-pyrrole nitrogens is 2. The number of imidazole rings is 1. The molecule has 1 amide bonds. The lowest BCUT2D eigenvalue weighted by Crippen LogP contribution is -2.27. The molecule has 0 unspecified atom stereocenters. The second-order valence-electron chi connectivity index (χ2n) is 4.87. The van der Waals surface area contributed by atoms with Gasteiger partial charge in [0.05, 0.1) is 17.9 Å². The summed E-state index contributed by atoms with van der Waals surface area (Å²) in [5, 5.41) is 6.94. The highest BCUT2D eigenvalue weighted by atomic mass is 16.2. The summed E-state index contributed by atoms with van der Waals surface area (Å²) in [5.74, 6) is 0.980. The van der Waals surface area contributed by atoms with Crippen molar-refractivity contribution in [1.82, 2.24) is 25.1 Å². The molecule has 7 nitrogen and oxygen atoms in total. The van der Waals surface area contributed by atoms with E-state index in [1.807, 2.05) is 0 Å². The highest BCUT2D eigenvalue weighted by Gasteiger charge is 2.31. The van der Waals surface area contributed by atoms with Crippen LogP contribution in [0.15, 0.2) is 12.4 Å². The summed E-state index contributed by atoms with van der Waals surface area (Å²) in [6, 6.07) is 0. The largest absolute Gasteiger partial charge is 0.395 e.